The molecule has 0 aliphatic carbocycles. The van der Waals surface area contributed by atoms with Gasteiger partial charge >= 0.3 is 0 Å². The summed E-state index contributed by atoms with van der Waals surface area (Å²) in [5, 5.41) is 12.2. The Morgan fingerprint density at radius 2 is 1.94 bits per heavy atom. The summed E-state index contributed by atoms with van der Waals surface area (Å²) in [6.45, 7) is 1.90. The molecule has 0 amide bonds. The minimum absolute atomic E-state index is 0.579. The molecule has 17 heavy (non-hydrogen) atoms. The molecule has 3 nitrogen and oxygen atoms in total. The quantitative estimate of drug-likeness (QED) is 0.915. The number of benzene rings is 1. The summed E-state index contributed by atoms with van der Waals surface area (Å²) in [4.78, 5) is 4.18. The van der Waals surface area contributed by atoms with Crippen LogP contribution in [0, 0.1) is 18.3 Å². The Hall–Kier alpha value is -1.86. The van der Waals surface area contributed by atoms with Crippen molar-refractivity contribution >= 4 is 27.4 Å². The number of hydrogen-bond acceptors (Lipinski definition) is 3. The highest BCUT2D eigenvalue weighted by Gasteiger charge is 2.06. The van der Waals surface area contributed by atoms with Gasteiger partial charge in [-0.05, 0) is 42.8 Å². The van der Waals surface area contributed by atoms with Crippen LogP contribution in [0.1, 0.15) is 11.1 Å². The fourth-order valence-electron chi connectivity index (χ4n) is 1.46. The number of aryl methyl sites for hydroxylation is 1. The van der Waals surface area contributed by atoms with Crippen LogP contribution >= 0.6 is 15.9 Å². The smallest absolute Gasteiger partial charge is 0.148 e. The van der Waals surface area contributed by atoms with Gasteiger partial charge in [-0.15, -0.1) is 0 Å². The lowest BCUT2D eigenvalue weighted by molar-refractivity contribution is 1.24. The van der Waals surface area contributed by atoms with Gasteiger partial charge in [0.25, 0.3) is 0 Å². The summed E-state index contributed by atoms with van der Waals surface area (Å²) >= 11 is 3.37. The van der Waals surface area contributed by atoms with Crippen molar-refractivity contribution in [3.8, 4) is 6.07 Å². The van der Waals surface area contributed by atoms with Gasteiger partial charge in [0.2, 0.25) is 0 Å². The van der Waals surface area contributed by atoms with E-state index in [4.69, 9.17) is 5.26 Å². The molecule has 0 bridgehead atoms. The van der Waals surface area contributed by atoms with E-state index in [-0.39, 0.29) is 0 Å². The first-order chi connectivity index (χ1) is 8.20. The Kier molecular flexibility index (Phi) is 3.40. The van der Waals surface area contributed by atoms with E-state index in [1.165, 1.54) is 0 Å². The number of aromatic nitrogens is 1. The van der Waals surface area contributed by atoms with E-state index < -0.39 is 0 Å². The SMILES string of the molecule is Cc1ccnc(Nc2ccc(Br)cc2)c1C#N. The second-order valence-corrected chi connectivity index (χ2v) is 4.51. The zero-order valence-electron chi connectivity index (χ0n) is 9.24. The molecule has 0 saturated heterocycles. The van der Waals surface area contributed by atoms with Crippen LogP contribution in [0.15, 0.2) is 41.0 Å². The molecule has 0 radical (unpaired) electrons. The first kappa shape index (κ1) is 11.6. The molecule has 1 heterocycles. The number of anilines is 2. The fourth-order valence-corrected chi connectivity index (χ4v) is 1.73. The van der Waals surface area contributed by atoms with Crippen molar-refractivity contribution in [2.24, 2.45) is 0 Å². The molecule has 1 aromatic carbocycles. The molecule has 0 saturated carbocycles. The van der Waals surface area contributed by atoms with Gasteiger partial charge in [0, 0.05) is 16.4 Å². The first-order valence-electron chi connectivity index (χ1n) is 5.09. The van der Waals surface area contributed by atoms with Crippen LogP contribution in [0.2, 0.25) is 0 Å². The molecule has 0 aliphatic rings. The second-order valence-electron chi connectivity index (χ2n) is 3.60. The highest BCUT2D eigenvalue weighted by atomic mass is 79.9. The van der Waals surface area contributed by atoms with Gasteiger partial charge in [-0.3, -0.25) is 0 Å². The largest absolute Gasteiger partial charge is 0.339 e. The van der Waals surface area contributed by atoms with Crippen LogP contribution in [-0.2, 0) is 0 Å². The van der Waals surface area contributed by atoms with E-state index in [2.05, 4.69) is 32.3 Å². The molecule has 0 fully saturated rings. The van der Waals surface area contributed by atoms with Gasteiger partial charge < -0.3 is 5.32 Å². The summed E-state index contributed by atoms with van der Waals surface area (Å²) in [6, 6.07) is 11.7. The predicted molar refractivity (Wildman–Crippen MR) is 71.1 cm³/mol. The van der Waals surface area contributed by atoms with Crippen LogP contribution < -0.4 is 5.32 Å². The zero-order chi connectivity index (χ0) is 12.3. The average Bonchev–Trinajstić information content (AvgIpc) is 2.32. The molecule has 4 heteroatoms. The Labute approximate surface area is 108 Å². The second kappa shape index (κ2) is 4.98. The number of pyridine rings is 1. The molecular weight excluding hydrogens is 278 g/mol. The van der Waals surface area contributed by atoms with Crippen LogP contribution in [0.5, 0.6) is 0 Å². The topological polar surface area (TPSA) is 48.7 Å². The monoisotopic (exact) mass is 287 g/mol. The molecular formula is C13H10BrN3. The Morgan fingerprint density at radius 1 is 1.24 bits per heavy atom. The standard InChI is InChI=1S/C13H10BrN3/c1-9-6-7-16-13(12(9)8-15)17-11-4-2-10(14)3-5-11/h2-7H,1H3,(H,16,17). The first-order valence-corrected chi connectivity index (χ1v) is 5.88. The average molecular weight is 288 g/mol. The number of hydrogen-bond donors (Lipinski definition) is 1. The zero-order valence-corrected chi connectivity index (χ0v) is 10.8. The molecule has 0 atom stereocenters. The molecule has 2 aromatic rings. The van der Waals surface area contributed by atoms with Crippen molar-refractivity contribution in [2.75, 3.05) is 5.32 Å². The maximum Gasteiger partial charge on any atom is 0.148 e. The summed E-state index contributed by atoms with van der Waals surface area (Å²) in [7, 11) is 0. The summed E-state index contributed by atoms with van der Waals surface area (Å²) < 4.78 is 1.01. The van der Waals surface area contributed by atoms with Gasteiger partial charge in [-0.2, -0.15) is 5.26 Å². The van der Waals surface area contributed by atoms with E-state index in [9.17, 15) is 0 Å². The highest BCUT2D eigenvalue weighted by Crippen LogP contribution is 2.21. The van der Waals surface area contributed by atoms with Crippen molar-refractivity contribution in [1.29, 1.82) is 5.26 Å². The van der Waals surface area contributed by atoms with E-state index in [0.717, 1.165) is 15.7 Å². The van der Waals surface area contributed by atoms with Gasteiger partial charge in [0.1, 0.15) is 11.9 Å². The van der Waals surface area contributed by atoms with Crippen molar-refractivity contribution in [3.05, 3.63) is 52.1 Å². The minimum Gasteiger partial charge on any atom is -0.339 e. The highest BCUT2D eigenvalue weighted by molar-refractivity contribution is 9.10. The summed E-state index contributed by atoms with van der Waals surface area (Å²) in [5.74, 6) is 0.592. The lowest BCUT2D eigenvalue weighted by Gasteiger charge is -2.08. The van der Waals surface area contributed by atoms with Crippen molar-refractivity contribution in [2.45, 2.75) is 6.92 Å². The van der Waals surface area contributed by atoms with E-state index in [1.807, 2.05) is 37.3 Å². The van der Waals surface area contributed by atoms with Crippen molar-refractivity contribution < 1.29 is 0 Å². The number of rotatable bonds is 2. The van der Waals surface area contributed by atoms with Crippen LogP contribution in [0.25, 0.3) is 0 Å². The predicted octanol–water partition coefficient (Wildman–Crippen LogP) is 3.77. The summed E-state index contributed by atoms with van der Waals surface area (Å²) in [6.07, 6.45) is 1.69. The number of halogens is 1. The lowest BCUT2D eigenvalue weighted by atomic mass is 10.1. The number of nitrogens with zero attached hydrogens (tertiary/aromatic N) is 2. The fraction of sp³-hybridized carbons (Fsp3) is 0.0769. The molecule has 0 aliphatic heterocycles. The van der Waals surface area contributed by atoms with Crippen molar-refractivity contribution in [1.82, 2.24) is 4.98 Å². The molecule has 0 spiro atoms. The number of nitriles is 1. The lowest BCUT2D eigenvalue weighted by Crippen LogP contribution is -1.98. The third-order valence-corrected chi connectivity index (χ3v) is 2.91. The van der Waals surface area contributed by atoms with Gasteiger partial charge in [-0.25, -0.2) is 4.98 Å². The van der Waals surface area contributed by atoms with E-state index in [1.54, 1.807) is 6.20 Å². The molecule has 1 aromatic heterocycles. The Morgan fingerprint density at radius 3 is 2.59 bits per heavy atom. The molecule has 0 unspecified atom stereocenters. The van der Waals surface area contributed by atoms with E-state index in [0.29, 0.717) is 11.4 Å². The normalized spacial score (nSPS) is 9.71. The Balaban J connectivity index is 2.34. The summed E-state index contributed by atoms with van der Waals surface area (Å²) in [5.41, 5.74) is 2.40. The van der Waals surface area contributed by atoms with Crippen molar-refractivity contribution in [3.63, 3.8) is 0 Å². The Bertz CT molecular complexity index is 570. The van der Waals surface area contributed by atoms with E-state index >= 15 is 0 Å². The van der Waals surface area contributed by atoms with Crippen LogP contribution in [0.3, 0.4) is 0 Å². The van der Waals surface area contributed by atoms with Gasteiger partial charge in [0.15, 0.2) is 0 Å². The van der Waals surface area contributed by atoms with Gasteiger partial charge in [-0.1, -0.05) is 15.9 Å². The third-order valence-electron chi connectivity index (χ3n) is 2.38. The molecule has 2 rings (SSSR count). The number of nitrogens with one attached hydrogen (secondary N) is 1. The van der Waals surface area contributed by atoms with Crippen LogP contribution in [-0.4, -0.2) is 4.98 Å². The maximum atomic E-state index is 9.08. The molecule has 84 valence electrons. The minimum atomic E-state index is 0.579. The van der Waals surface area contributed by atoms with Crippen LogP contribution in [0.4, 0.5) is 11.5 Å². The third kappa shape index (κ3) is 2.63. The maximum absolute atomic E-state index is 9.08. The van der Waals surface area contributed by atoms with Gasteiger partial charge in [0.05, 0.1) is 5.56 Å². The molecule has 1 N–H and O–H groups in total.